The third-order valence-corrected chi connectivity index (χ3v) is 4.76. The van der Waals surface area contributed by atoms with E-state index in [4.69, 9.17) is 0 Å². The van der Waals surface area contributed by atoms with E-state index in [0.29, 0.717) is 5.92 Å². The second-order valence-electron chi connectivity index (χ2n) is 6.38. The van der Waals surface area contributed by atoms with E-state index in [-0.39, 0.29) is 11.8 Å². The number of carbonyl (C=O) groups excluding carboxylic acids is 1. The largest absolute Gasteiger partial charge is 0.326 e. The molecule has 2 aliphatic heterocycles. The van der Waals surface area contributed by atoms with Crippen LogP contribution in [-0.2, 0) is 11.3 Å². The van der Waals surface area contributed by atoms with E-state index in [1.54, 1.807) is 0 Å². The van der Waals surface area contributed by atoms with Crippen LogP contribution in [0.5, 0.6) is 0 Å². The first-order valence-electron chi connectivity index (χ1n) is 8.05. The zero-order valence-electron chi connectivity index (χ0n) is 12.8. The van der Waals surface area contributed by atoms with Crippen molar-refractivity contribution in [2.45, 2.75) is 26.3 Å². The van der Waals surface area contributed by atoms with Crippen molar-refractivity contribution >= 4 is 11.6 Å². The van der Waals surface area contributed by atoms with Gasteiger partial charge in [-0.25, -0.2) is 0 Å². The molecule has 4 heteroatoms. The van der Waals surface area contributed by atoms with Crippen LogP contribution in [0, 0.1) is 11.8 Å². The molecule has 0 saturated carbocycles. The topological polar surface area (TPSA) is 44.4 Å². The van der Waals surface area contributed by atoms with Gasteiger partial charge in [0.1, 0.15) is 0 Å². The van der Waals surface area contributed by atoms with Crippen LogP contribution in [0.1, 0.15) is 25.3 Å². The maximum absolute atomic E-state index is 12.2. The van der Waals surface area contributed by atoms with Gasteiger partial charge >= 0.3 is 0 Å². The first-order valence-corrected chi connectivity index (χ1v) is 8.05. The summed E-state index contributed by atoms with van der Waals surface area (Å²) in [4.78, 5) is 14.6. The number of carbonyl (C=O) groups is 1. The van der Waals surface area contributed by atoms with Gasteiger partial charge in [-0.15, -0.1) is 0 Å². The maximum Gasteiger partial charge on any atom is 0.227 e. The number of rotatable bonds is 5. The van der Waals surface area contributed by atoms with Gasteiger partial charge in [-0.3, -0.25) is 9.69 Å². The minimum atomic E-state index is 0.0792. The quantitative estimate of drug-likeness (QED) is 0.871. The van der Waals surface area contributed by atoms with Crippen LogP contribution in [-0.4, -0.2) is 37.0 Å². The molecule has 1 atom stereocenters. The van der Waals surface area contributed by atoms with E-state index in [9.17, 15) is 4.79 Å². The van der Waals surface area contributed by atoms with Gasteiger partial charge in [-0.05, 0) is 62.6 Å². The summed E-state index contributed by atoms with van der Waals surface area (Å²) < 4.78 is 0. The van der Waals surface area contributed by atoms with E-state index >= 15 is 0 Å². The van der Waals surface area contributed by atoms with Gasteiger partial charge in [0.05, 0.1) is 0 Å². The van der Waals surface area contributed by atoms with Crippen molar-refractivity contribution < 1.29 is 4.79 Å². The Morgan fingerprint density at radius 3 is 2.52 bits per heavy atom. The Morgan fingerprint density at radius 1 is 1.29 bits per heavy atom. The summed E-state index contributed by atoms with van der Waals surface area (Å²) in [5, 5.41) is 6.25. The molecule has 2 aliphatic rings. The lowest BCUT2D eigenvalue weighted by Crippen LogP contribution is -2.48. The Hall–Kier alpha value is -1.39. The molecule has 21 heavy (non-hydrogen) atoms. The average Bonchev–Trinajstić information content (AvgIpc) is 2.92. The van der Waals surface area contributed by atoms with Crippen LogP contribution in [0.2, 0.25) is 0 Å². The first-order chi connectivity index (χ1) is 10.2. The Bertz CT molecular complexity index is 475. The van der Waals surface area contributed by atoms with Crippen LogP contribution in [0.15, 0.2) is 24.3 Å². The zero-order chi connectivity index (χ0) is 14.7. The van der Waals surface area contributed by atoms with E-state index < -0.39 is 0 Å². The fourth-order valence-corrected chi connectivity index (χ4v) is 3.03. The molecular weight excluding hydrogens is 262 g/mol. The molecule has 2 heterocycles. The minimum Gasteiger partial charge on any atom is -0.326 e. The summed E-state index contributed by atoms with van der Waals surface area (Å²) in [6, 6.07) is 8.30. The van der Waals surface area contributed by atoms with Crippen LogP contribution < -0.4 is 10.6 Å². The molecule has 0 radical (unpaired) electrons. The number of anilines is 1. The smallest absolute Gasteiger partial charge is 0.227 e. The molecule has 1 amide bonds. The predicted octanol–water partition coefficient (Wildman–Crippen LogP) is 2.08. The number of likely N-dealkylation sites (tertiary alicyclic amines) is 1. The van der Waals surface area contributed by atoms with E-state index in [2.05, 4.69) is 27.7 Å². The highest BCUT2D eigenvalue weighted by Crippen LogP contribution is 2.19. The number of hydrogen-bond donors (Lipinski definition) is 2. The summed E-state index contributed by atoms with van der Waals surface area (Å²) in [5.74, 6) is 0.698. The summed E-state index contributed by atoms with van der Waals surface area (Å²) in [6.07, 6.45) is 2.64. The van der Waals surface area contributed by atoms with Crippen molar-refractivity contribution in [1.29, 1.82) is 0 Å². The number of benzene rings is 1. The number of nitrogens with one attached hydrogen (secondary N) is 2. The lowest BCUT2D eigenvalue weighted by molar-refractivity contribution is -0.121. The summed E-state index contributed by atoms with van der Waals surface area (Å²) >= 11 is 0. The number of hydrogen-bond acceptors (Lipinski definition) is 3. The lowest BCUT2D eigenvalue weighted by Gasteiger charge is -2.31. The lowest BCUT2D eigenvalue weighted by atomic mass is 9.88. The number of nitrogens with zero attached hydrogens (tertiary/aromatic N) is 1. The maximum atomic E-state index is 12.2. The Morgan fingerprint density at radius 2 is 1.95 bits per heavy atom. The van der Waals surface area contributed by atoms with Gasteiger partial charge in [0.25, 0.3) is 0 Å². The predicted molar refractivity (Wildman–Crippen MR) is 85.1 cm³/mol. The van der Waals surface area contributed by atoms with Crippen molar-refractivity contribution in [3.05, 3.63) is 29.8 Å². The molecule has 2 saturated heterocycles. The van der Waals surface area contributed by atoms with E-state index in [1.807, 2.05) is 19.1 Å². The van der Waals surface area contributed by atoms with Crippen molar-refractivity contribution in [1.82, 2.24) is 10.2 Å². The minimum absolute atomic E-state index is 0.0792. The van der Waals surface area contributed by atoms with Crippen LogP contribution in [0.4, 0.5) is 5.69 Å². The highest BCUT2D eigenvalue weighted by molar-refractivity contribution is 5.92. The molecular formula is C17H25N3O. The molecule has 4 nitrogen and oxygen atoms in total. The third-order valence-electron chi connectivity index (χ3n) is 4.76. The van der Waals surface area contributed by atoms with E-state index in [1.165, 1.54) is 31.5 Å². The third kappa shape index (κ3) is 3.63. The van der Waals surface area contributed by atoms with Gasteiger partial charge in [0.2, 0.25) is 5.91 Å². The molecule has 1 unspecified atom stereocenters. The van der Waals surface area contributed by atoms with Crippen LogP contribution in [0.3, 0.4) is 0 Å². The van der Waals surface area contributed by atoms with Gasteiger partial charge in [-0.1, -0.05) is 19.1 Å². The normalized spacial score (nSPS) is 21.0. The van der Waals surface area contributed by atoms with Crippen molar-refractivity contribution in [2.24, 2.45) is 11.8 Å². The SMILES string of the molecule is CC(C(=O)Nc1ccc(CN2CCCC2)cc1)C1CNC1. The first kappa shape index (κ1) is 14.5. The molecule has 0 aliphatic carbocycles. The summed E-state index contributed by atoms with van der Waals surface area (Å²) in [6.45, 7) is 7.39. The highest BCUT2D eigenvalue weighted by Gasteiger charge is 2.28. The van der Waals surface area contributed by atoms with Gasteiger partial charge in [-0.2, -0.15) is 0 Å². The summed E-state index contributed by atoms with van der Waals surface area (Å²) in [5.41, 5.74) is 2.23. The van der Waals surface area contributed by atoms with Gasteiger partial charge in [0.15, 0.2) is 0 Å². The monoisotopic (exact) mass is 287 g/mol. The fraction of sp³-hybridized carbons (Fsp3) is 0.588. The molecule has 1 aromatic rings. The Labute approximate surface area is 126 Å². The van der Waals surface area contributed by atoms with Crippen LogP contribution >= 0.6 is 0 Å². The highest BCUT2D eigenvalue weighted by atomic mass is 16.1. The fourth-order valence-electron chi connectivity index (χ4n) is 3.03. The summed E-state index contributed by atoms with van der Waals surface area (Å²) in [7, 11) is 0. The zero-order valence-corrected chi connectivity index (χ0v) is 12.8. The molecule has 0 aromatic heterocycles. The Kier molecular flexibility index (Phi) is 4.56. The van der Waals surface area contributed by atoms with Crippen LogP contribution in [0.25, 0.3) is 0 Å². The van der Waals surface area contributed by atoms with Crippen molar-refractivity contribution in [3.63, 3.8) is 0 Å². The second kappa shape index (κ2) is 6.58. The number of amides is 1. The molecule has 2 fully saturated rings. The van der Waals surface area contributed by atoms with Crippen molar-refractivity contribution in [3.8, 4) is 0 Å². The van der Waals surface area contributed by atoms with Gasteiger partial charge < -0.3 is 10.6 Å². The Balaban J connectivity index is 1.52. The molecule has 0 spiro atoms. The second-order valence-corrected chi connectivity index (χ2v) is 6.38. The van der Waals surface area contributed by atoms with E-state index in [0.717, 1.165) is 25.3 Å². The van der Waals surface area contributed by atoms with Gasteiger partial charge in [0, 0.05) is 18.2 Å². The molecule has 3 rings (SSSR count). The average molecular weight is 287 g/mol. The molecule has 114 valence electrons. The standard InChI is InChI=1S/C17H25N3O/c1-13(15-10-18-11-15)17(21)19-16-6-4-14(5-7-16)12-20-8-2-3-9-20/h4-7,13,15,18H,2-3,8-12H2,1H3,(H,19,21). The van der Waals surface area contributed by atoms with Crippen molar-refractivity contribution in [2.75, 3.05) is 31.5 Å². The molecule has 1 aromatic carbocycles. The molecule has 0 bridgehead atoms. The molecule has 2 N–H and O–H groups in total.